The van der Waals surface area contributed by atoms with Gasteiger partial charge in [-0.1, -0.05) is 26.0 Å². The Morgan fingerprint density at radius 3 is 2.45 bits per heavy atom. The van der Waals surface area contributed by atoms with Crippen molar-refractivity contribution in [1.82, 2.24) is 4.90 Å². The van der Waals surface area contributed by atoms with Crippen LogP contribution in [0.15, 0.2) is 45.6 Å². The Hall–Kier alpha value is -2.99. The van der Waals surface area contributed by atoms with Gasteiger partial charge < -0.3 is 19.0 Å². The molecule has 0 bridgehead atoms. The Balaban J connectivity index is 1.75. The summed E-state index contributed by atoms with van der Waals surface area (Å²) in [5, 5.41) is 11.0. The number of phenolic OH excluding ortho intramolecular Hbond substituents is 1. The van der Waals surface area contributed by atoms with Gasteiger partial charge in [-0.3, -0.25) is 9.69 Å². The highest BCUT2D eigenvalue weighted by Crippen LogP contribution is 2.35. The van der Waals surface area contributed by atoms with E-state index < -0.39 is 0 Å². The zero-order valence-corrected chi connectivity index (χ0v) is 18.5. The number of aryl methyl sites for hydroxylation is 1. The monoisotopic (exact) mass is 423 g/mol. The first-order valence-corrected chi connectivity index (χ1v) is 10.7. The molecule has 31 heavy (non-hydrogen) atoms. The van der Waals surface area contributed by atoms with E-state index in [-0.39, 0.29) is 16.9 Å². The van der Waals surface area contributed by atoms with E-state index in [2.05, 4.69) is 18.7 Å². The topological polar surface area (TPSA) is 72.1 Å². The molecule has 2 unspecified atom stereocenters. The zero-order chi connectivity index (χ0) is 22.1. The van der Waals surface area contributed by atoms with Crippen LogP contribution < -0.4 is 14.9 Å². The summed E-state index contributed by atoms with van der Waals surface area (Å²) in [7, 11) is 1.55. The Labute approximate surface area is 182 Å². The maximum atomic E-state index is 13.3. The SMILES string of the molecule is COc1ccccc1Oc1c(C)oc2c(CN3CC(C)CC(C)C3)c(O)ccc2c1=O. The minimum atomic E-state index is -0.272. The van der Waals surface area contributed by atoms with Gasteiger partial charge in [0.1, 0.15) is 17.1 Å². The van der Waals surface area contributed by atoms with Crippen LogP contribution in [-0.4, -0.2) is 30.2 Å². The lowest BCUT2D eigenvalue weighted by Crippen LogP contribution is -2.38. The molecule has 6 nitrogen and oxygen atoms in total. The molecule has 0 spiro atoms. The summed E-state index contributed by atoms with van der Waals surface area (Å²) < 4.78 is 17.3. The van der Waals surface area contributed by atoms with Gasteiger partial charge in [0.25, 0.3) is 0 Å². The molecule has 1 N–H and O–H groups in total. The first-order valence-electron chi connectivity index (χ1n) is 10.7. The molecule has 0 amide bonds. The van der Waals surface area contributed by atoms with Gasteiger partial charge in [0.15, 0.2) is 11.5 Å². The fraction of sp³-hybridized carbons (Fsp3) is 0.400. The van der Waals surface area contributed by atoms with Crippen molar-refractivity contribution in [3.8, 4) is 23.0 Å². The molecule has 2 heterocycles. The predicted molar refractivity (Wildman–Crippen MR) is 120 cm³/mol. The normalized spacial score (nSPS) is 19.5. The first kappa shape index (κ1) is 21.2. The molecule has 4 rings (SSSR count). The van der Waals surface area contributed by atoms with Crippen molar-refractivity contribution in [2.24, 2.45) is 11.8 Å². The maximum Gasteiger partial charge on any atom is 0.235 e. The number of likely N-dealkylation sites (tertiary alicyclic amines) is 1. The number of phenols is 1. The molecule has 1 aromatic heterocycles. The number of para-hydroxylation sites is 2. The number of rotatable bonds is 5. The quantitative estimate of drug-likeness (QED) is 0.617. The van der Waals surface area contributed by atoms with Crippen LogP contribution in [0, 0.1) is 18.8 Å². The van der Waals surface area contributed by atoms with Gasteiger partial charge in [0.05, 0.1) is 18.1 Å². The third kappa shape index (κ3) is 4.26. The summed E-state index contributed by atoms with van der Waals surface area (Å²) in [4.78, 5) is 15.6. The number of ether oxygens (including phenoxy) is 2. The predicted octanol–water partition coefficient (Wildman–Crippen LogP) is 5.09. The smallest absolute Gasteiger partial charge is 0.235 e. The number of nitrogens with zero attached hydrogens (tertiary/aromatic N) is 1. The summed E-state index contributed by atoms with van der Waals surface area (Å²) in [5.74, 6) is 2.77. The summed E-state index contributed by atoms with van der Waals surface area (Å²) in [6, 6.07) is 10.3. The molecular weight excluding hydrogens is 394 g/mol. The standard InChI is InChI=1S/C25H29NO5/c1-15-11-16(2)13-26(12-15)14-19-20(27)10-9-18-23(28)24(17(3)30-25(18)19)31-22-8-6-5-7-21(22)29-4/h5-10,15-16,27H,11-14H2,1-4H3. The average Bonchev–Trinajstić information content (AvgIpc) is 2.73. The highest BCUT2D eigenvalue weighted by Gasteiger charge is 2.25. The molecule has 0 radical (unpaired) electrons. The van der Waals surface area contributed by atoms with Gasteiger partial charge in [0.2, 0.25) is 11.2 Å². The van der Waals surface area contributed by atoms with Crippen LogP contribution in [0.3, 0.4) is 0 Å². The van der Waals surface area contributed by atoms with Crippen molar-refractivity contribution in [2.45, 2.75) is 33.7 Å². The third-order valence-corrected chi connectivity index (χ3v) is 5.87. The van der Waals surface area contributed by atoms with Crippen molar-refractivity contribution >= 4 is 11.0 Å². The van der Waals surface area contributed by atoms with Gasteiger partial charge in [-0.15, -0.1) is 0 Å². The number of aromatic hydroxyl groups is 1. The van der Waals surface area contributed by atoms with Gasteiger partial charge in [0, 0.05) is 19.6 Å². The van der Waals surface area contributed by atoms with Crippen LogP contribution >= 0.6 is 0 Å². The van der Waals surface area contributed by atoms with Crippen molar-refractivity contribution in [3.05, 3.63) is 57.9 Å². The van der Waals surface area contributed by atoms with E-state index in [1.807, 2.05) is 12.1 Å². The minimum Gasteiger partial charge on any atom is -0.507 e. The molecule has 0 aliphatic carbocycles. The maximum absolute atomic E-state index is 13.3. The second kappa shape index (κ2) is 8.63. The lowest BCUT2D eigenvalue weighted by Gasteiger charge is -2.35. The Morgan fingerprint density at radius 2 is 1.77 bits per heavy atom. The number of hydrogen-bond acceptors (Lipinski definition) is 6. The molecule has 2 aromatic carbocycles. The van der Waals surface area contributed by atoms with E-state index in [1.54, 1.807) is 38.3 Å². The van der Waals surface area contributed by atoms with Crippen molar-refractivity contribution < 1.29 is 19.0 Å². The van der Waals surface area contributed by atoms with Gasteiger partial charge in [-0.05, 0) is 49.4 Å². The Kier molecular flexibility index (Phi) is 5.92. The van der Waals surface area contributed by atoms with Crippen LogP contribution in [0.25, 0.3) is 11.0 Å². The van der Waals surface area contributed by atoms with Crippen molar-refractivity contribution in [2.75, 3.05) is 20.2 Å². The number of methoxy groups -OCH3 is 1. The summed E-state index contributed by atoms with van der Waals surface area (Å²) >= 11 is 0. The first-order chi connectivity index (χ1) is 14.9. The second-order valence-corrected chi connectivity index (χ2v) is 8.65. The molecule has 3 aromatic rings. The molecular formula is C25H29NO5. The average molecular weight is 424 g/mol. The van der Waals surface area contributed by atoms with Crippen molar-refractivity contribution in [1.29, 1.82) is 0 Å². The lowest BCUT2D eigenvalue weighted by molar-refractivity contribution is 0.133. The van der Waals surface area contributed by atoms with Crippen LogP contribution in [0.4, 0.5) is 0 Å². The largest absolute Gasteiger partial charge is 0.507 e. The van der Waals surface area contributed by atoms with Gasteiger partial charge in [-0.2, -0.15) is 0 Å². The summed E-state index contributed by atoms with van der Waals surface area (Å²) in [6.07, 6.45) is 1.20. The highest BCUT2D eigenvalue weighted by atomic mass is 16.5. The van der Waals surface area contributed by atoms with Crippen molar-refractivity contribution in [3.63, 3.8) is 0 Å². The van der Waals surface area contributed by atoms with E-state index in [9.17, 15) is 9.90 Å². The van der Waals surface area contributed by atoms with Gasteiger partial charge in [-0.25, -0.2) is 0 Å². The molecule has 2 atom stereocenters. The fourth-order valence-electron chi connectivity index (χ4n) is 4.62. The molecule has 1 fully saturated rings. The Morgan fingerprint density at radius 1 is 1.10 bits per heavy atom. The van der Waals surface area contributed by atoms with E-state index in [1.165, 1.54) is 6.42 Å². The summed E-state index contributed by atoms with van der Waals surface area (Å²) in [6.45, 7) is 8.64. The van der Waals surface area contributed by atoms with Crippen LogP contribution in [0.5, 0.6) is 23.0 Å². The molecule has 1 aliphatic heterocycles. The summed E-state index contributed by atoms with van der Waals surface area (Å²) in [5.41, 5.74) is 0.787. The van der Waals surface area contributed by atoms with E-state index in [0.717, 1.165) is 13.1 Å². The number of fused-ring (bicyclic) bond motifs is 1. The highest BCUT2D eigenvalue weighted by molar-refractivity contribution is 5.83. The fourth-order valence-corrected chi connectivity index (χ4v) is 4.62. The molecule has 1 aliphatic rings. The number of piperidine rings is 1. The van der Waals surface area contributed by atoms with Gasteiger partial charge >= 0.3 is 0 Å². The van der Waals surface area contributed by atoms with E-state index in [4.69, 9.17) is 13.9 Å². The molecule has 1 saturated heterocycles. The molecule has 6 heteroatoms. The van der Waals surface area contributed by atoms with Crippen LogP contribution in [0.1, 0.15) is 31.6 Å². The molecule has 164 valence electrons. The minimum absolute atomic E-state index is 0.119. The second-order valence-electron chi connectivity index (χ2n) is 8.65. The molecule has 0 saturated carbocycles. The van der Waals surface area contributed by atoms with Crippen LogP contribution in [-0.2, 0) is 6.54 Å². The van der Waals surface area contributed by atoms with Crippen LogP contribution in [0.2, 0.25) is 0 Å². The lowest BCUT2D eigenvalue weighted by atomic mass is 9.91. The third-order valence-electron chi connectivity index (χ3n) is 5.87. The van der Waals surface area contributed by atoms with E-state index >= 15 is 0 Å². The number of benzene rings is 2. The number of hydrogen-bond donors (Lipinski definition) is 1. The van der Waals surface area contributed by atoms with E-state index in [0.29, 0.717) is 52.2 Å². The Bertz CT molecular complexity index is 1140. The zero-order valence-electron chi connectivity index (χ0n) is 18.5.